The van der Waals surface area contributed by atoms with Crippen LogP contribution in [0.5, 0.6) is 0 Å². The number of hydrogen-bond acceptors (Lipinski definition) is 4. The predicted molar refractivity (Wildman–Crippen MR) is 157 cm³/mol. The highest BCUT2D eigenvalue weighted by atomic mass is 35.5. The van der Waals surface area contributed by atoms with Gasteiger partial charge in [-0.1, -0.05) is 68.2 Å². The Morgan fingerprint density at radius 2 is 1.71 bits per heavy atom. The Bertz CT molecular complexity index is 1140. The maximum atomic E-state index is 13.9. The SMILES string of the molecule is CCOC(=O)CCc1cccc2c1C[C@H](CO[Si](C)(C)C(C)(C)C)N(C(=O)Cc1c(Cl)cccc1Cl)[C@H]2C. The molecule has 0 radical (unpaired) electrons. The number of aryl methyl sites for hydroxylation is 1. The zero-order valence-corrected chi connectivity index (χ0v) is 26.2. The molecular formula is C30H41Cl2NO4Si. The Labute approximate surface area is 238 Å². The van der Waals surface area contributed by atoms with Crippen molar-refractivity contribution in [2.24, 2.45) is 0 Å². The third-order valence-electron chi connectivity index (χ3n) is 8.03. The Morgan fingerprint density at radius 3 is 2.32 bits per heavy atom. The molecule has 38 heavy (non-hydrogen) atoms. The van der Waals surface area contributed by atoms with Gasteiger partial charge in [0, 0.05) is 16.5 Å². The van der Waals surface area contributed by atoms with Gasteiger partial charge in [-0.3, -0.25) is 9.59 Å². The average molecular weight is 579 g/mol. The highest BCUT2D eigenvalue weighted by Crippen LogP contribution is 2.40. The quantitative estimate of drug-likeness (QED) is 0.228. The molecule has 0 saturated heterocycles. The zero-order chi connectivity index (χ0) is 28.3. The largest absolute Gasteiger partial charge is 0.466 e. The molecule has 0 spiro atoms. The van der Waals surface area contributed by atoms with E-state index in [-0.39, 0.29) is 35.4 Å². The van der Waals surface area contributed by atoms with Crippen molar-refractivity contribution in [3.63, 3.8) is 0 Å². The fourth-order valence-corrected chi connectivity index (χ4v) is 6.40. The van der Waals surface area contributed by atoms with Crippen molar-refractivity contribution >= 4 is 43.4 Å². The van der Waals surface area contributed by atoms with Gasteiger partial charge >= 0.3 is 5.97 Å². The monoisotopic (exact) mass is 577 g/mol. The molecule has 0 bridgehead atoms. The maximum Gasteiger partial charge on any atom is 0.306 e. The summed E-state index contributed by atoms with van der Waals surface area (Å²) in [5, 5.41) is 1.04. The summed E-state index contributed by atoms with van der Waals surface area (Å²) in [6, 6.07) is 11.2. The first kappa shape index (κ1) is 30.7. The minimum Gasteiger partial charge on any atom is -0.466 e. The molecule has 3 rings (SSSR count). The first-order valence-electron chi connectivity index (χ1n) is 13.4. The highest BCUT2D eigenvalue weighted by molar-refractivity contribution is 6.74. The standard InChI is InChI=1S/C30H41Cl2NO4Si/c1-8-36-29(35)16-15-21-11-9-12-23-20(2)33(28(34)18-25-26(31)13-10-14-27(25)32)22(17-24(21)23)19-37-38(6,7)30(3,4)5/h9-14,20,22H,8,15-19H2,1-7H3/t20-,22+/m0/s1. The van der Waals surface area contributed by atoms with Crippen molar-refractivity contribution in [2.45, 2.75) is 90.5 Å². The van der Waals surface area contributed by atoms with E-state index in [4.69, 9.17) is 32.4 Å². The molecule has 8 heteroatoms. The van der Waals surface area contributed by atoms with Gasteiger partial charge in [0.1, 0.15) is 0 Å². The lowest BCUT2D eigenvalue weighted by molar-refractivity contribution is -0.143. The Balaban J connectivity index is 1.96. The molecule has 1 amide bonds. The van der Waals surface area contributed by atoms with E-state index >= 15 is 0 Å². The molecule has 0 aromatic heterocycles. The van der Waals surface area contributed by atoms with Gasteiger partial charge in [0.05, 0.1) is 31.7 Å². The van der Waals surface area contributed by atoms with Crippen LogP contribution in [0, 0.1) is 0 Å². The fraction of sp³-hybridized carbons (Fsp3) is 0.533. The van der Waals surface area contributed by atoms with Crippen molar-refractivity contribution in [3.05, 3.63) is 68.7 Å². The molecule has 2 aromatic rings. The number of hydrogen-bond donors (Lipinski definition) is 0. The maximum absolute atomic E-state index is 13.9. The lowest BCUT2D eigenvalue weighted by Gasteiger charge is -2.45. The Morgan fingerprint density at radius 1 is 1.08 bits per heavy atom. The van der Waals surface area contributed by atoms with E-state index in [1.54, 1.807) is 18.2 Å². The second-order valence-electron chi connectivity index (χ2n) is 11.6. The second kappa shape index (κ2) is 12.5. The van der Waals surface area contributed by atoms with E-state index in [0.717, 1.165) is 11.1 Å². The van der Waals surface area contributed by atoms with Crippen LogP contribution in [0.4, 0.5) is 0 Å². The minimum atomic E-state index is -2.05. The molecule has 1 aliphatic rings. The van der Waals surface area contributed by atoms with Gasteiger partial charge in [-0.2, -0.15) is 0 Å². The van der Waals surface area contributed by atoms with Gasteiger partial charge in [-0.05, 0) is 79.2 Å². The topological polar surface area (TPSA) is 55.8 Å². The highest BCUT2D eigenvalue weighted by Gasteiger charge is 2.41. The van der Waals surface area contributed by atoms with Gasteiger partial charge < -0.3 is 14.1 Å². The van der Waals surface area contributed by atoms with E-state index in [1.165, 1.54) is 5.56 Å². The lowest BCUT2D eigenvalue weighted by atomic mass is 9.84. The first-order chi connectivity index (χ1) is 17.8. The summed E-state index contributed by atoms with van der Waals surface area (Å²) in [7, 11) is -2.05. The van der Waals surface area contributed by atoms with E-state index in [2.05, 4.69) is 52.9 Å². The molecule has 0 fully saturated rings. The zero-order valence-electron chi connectivity index (χ0n) is 23.7. The summed E-state index contributed by atoms with van der Waals surface area (Å²) in [5.74, 6) is -0.223. The molecule has 2 aromatic carbocycles. The van der Waals surface area contributed by atoms with Gasteiger partial charge in [-0.25, -0.2) is 0 Å². The number of rotatable bonds is 9. The fourth-order valence-electron chi connectivity index (χ4n) is 4.82. The normalized spacial score (nSPS) is 17.8. The summed E-state index contributed by atoms with van der Waals surface area (Å²) in [4.78, 5) is 27.9. The molecule has 1 heterocycles. The predicted octanol–water partition coefficient (Wildman–Crippen LogP) is 7.57. The molecule has 5 nitrogen and oxygen atoms in total. The first-order valence-corrected chi connectivity index (χ1v) is 17.1. The van der Waals surface area contributed by atoms with Crippen LogP contribution in [0.1, 0.15) is 69.3 Å². The molecule has 2 atom stereocenters. The van der Waals surface area contributed by atoms with Crippen molar-refractivity contribution in [1.82, 2.24) is 4.90 Å². The summed E-state index contributed by atoms with van der Waals surface area (Å²) in [6.45, 7) is 15.8. The second-order valence-corrected chi connectivity index (χ2v) is 17.2. The van der Waals surface area contributed by atoms with Crippen LogP contribution in [0.2, 0.25) is 28.2 Å². The number of fused-ring (bicyclic) bond motifs is 1. The van der Waals surface area contributed by atoms with Crippen LogP contribution in [0.3, 0.4) is 0 Å². The minimum absolute atomic E-state index is 0.0288. The molecule has 208 valence electrons. The third-order valence-corrected chi connectivity index (χ3v) is 13.2. The molecule has 1 aliphatic heterocycles. The number of esters is 1. The van der Waals surface area contributed by atoms with Crippen molar-refractivity contribution in [1.29, 1.82) is 0 Å². The van der Waals surface area contributed by atoms with Crippen LogP contribution in [0.15, 0.2) is 36.4 Å². The van der Waals surface area contributed by atoms with Crippen molar-refractivity contribution < 1.29 is 18.8 Å². The summed E-state index contributed by atoms with van der Waals surface area (Å²) in [6.07, 6.45) is 1.72. The van der Waals surface area contributed by atoms with Crippen molar-refractivity contribution in [3.8, 4) is 0 Å². The lowest BCUT2D eigenvalue weighted by Crippen LogP contribution is -2.52. The van der Waals surface area contributed by atoms with E-state index < -0.39 is 8.32 Å². The number of nitrogens with zero attached hydrogens (tertiary/aromatic N) is 1. The average Bonchev–Trinajstić information content (AvgIpc) is 2.83. The number of carbonyl (C=O) groups excluding carboxylic acids is 2. The van der Waals surface area contributed by atoms with Crippen LogP contribution < -0.4 is 0 Å². The Hall–Kier alpha value is -1.86. The summed E-state index contributed by atoms with van der Waals surface area (Å²) < 4.78 is 11.8. The number of amides is 1. The molecular weight excluding hydrogens is 537 g/mol. The number of carbonyl (C=O) groups is 2. The van der Waals surface area contributed by atoms with E-state index in [0.29, 0.717) is 48.1 Å². The van der Waals surface area contributed by atoms with E-state index in [9.17, 15) is 9.59 Å². The van der Waals surface area contributed by atoms with Crippen LogP contribution in [-0.4, -0.2) is 44.3 Å². The van der Waals surface area contributed by atoms with Gasteiger partial charge in [0.2, 0.25) is 5.91 Å². The van der Waals surface area contributed by atoms with Gasteiger partial charge in [0.15, 0.2) is 8.32 Å². The van der Waals surface area contributed by atoms with Crippen LogP contribution >= 0.6 is 23.2 Å². The van der Waals surface area contributed by atoms with Gasteiger partial charge in [0.25, 0.3) is 0 Å². The molecule has 0 aliphatic carbocycles. The van der Waals surface area contributed by atoms with Crippen LogP contribution in [-0.2, 0) is 38.0 Å². The molecule has 0 saturated carbocycles. The number of benzene rings is 2. The smallest absolute Gasteiger partial charge is 0.306 e. The number of ether oxygens (including phenoxy) is 1. The van der Waals surface area contributed by atoms with Crippen molar-refractivity contribution in [2.75, 3.05) is 13.2 Å². The number of halogens is 2. The van der Waals surface area contributed by atoms with E-state index in [1.807, 2.05) is 17.9 Å². The summed E-state index contributed by atoms with van der Waals surface area (Å²) in [5.41, 5.74) is 4.08. The third kappa shape index (κ3) is 7.01. The molecule has 0 N–H and O–H groups in total. The molecule has 0 unspecified atom stereocenters. The van der Waals surface area contributed by atoms with Crippen LogP contribution in [0.25, 0.3) is 0 Å². The Kier molecular flexibility index (Phi) is 10.1. The van der Waals surface area contributed by atoms with Gasteiger partial charge in [-0.15, -0.1) is 0 Å². The summed E-state index contributed by atoms with van der Waals surface area (Å²) >= 11 is 12.9.